The van der Waals surface area contributed by atoms with Gasteiger partial charge < -0.3 is 0 Å². The topological polar surface area (TPSA) is 56.5 Å². The van der Waals surface area contributed by atoms with Crippen LogP contribution in [0.25, 0.3) is 5.82 Å². The zero-order chi connectivity index (χ0) is 11.0. The molecular weight excluding hydrogens is 214 g/mol. The molecule has 0 spiro atoms. The highest BCUT2D eigenvalue weighted by molar-refractivity contribution is 6.30. The molecule has 0 fully saturated rings. The molecule has 2 aromatic rings. The maximum Gasteiger partial charge on any atom is 0.163 e. The van der Waals surface area contributed by atoms with Gasteiger partial charge in [-0.25, -0.2) is 15.0 Å². The predicted octanol–water partition coefficient (Wildman–Crippen LogP) is 1.64. The largest absolute Gasteiger partial charge is 0.224 e. The Balaban J connectivity index is 2.64. The zero-order valence-electron chi connectivity index (χ0n) is 8.69. The molecule has 0 amide bonds. The summed E-state index contributed by atoms with van der Waals surface area (Å²) in [7, 11) is 0. The SMILES string of the molecule is Cc1nc(C)n(-c2ncnc(Cl)c2C)n1. The molecule has 0 aliphatic carbocycles. The van der Waals surface area contributed by atoms with E-state index in [1.165, 1.54) is 6.33 Å². The van der Waals surface area contributed by atoms with E-state index in [1.807, 2.05) is 20.8 Å². The van der Waals surface area contributed by atoms with Gasteiger partial charge in [0.05, 0.1) is 0 Å². The molecule has 0 bridgehead atoms. The van der Waals surface area contributed by atoms with Gasteiger partial charge in [0.1, 0.15) is 23.1 Å². The molecule has 2 aromatic heterocycles. The first-order chi connectivity index (χ1) is 7.09. The molecule has 0 radical (unpaired) electrons. The fourth-order valence-corrected chi connectivity index (χ4v) is 1.48. The molecule has 0 aromatic carbocycles. The summed E-state index contributed by atoms with van der Waals surface area (Å²) >= 11 is 5.91. The van der Waals surface area contributed by atoms with Crippen molar-refractivity contribution in [3.8, 4) is 5.82 Å². The number of rotatable bonds is 1. The molecule has 0 unspecified atom stereocenters. The molecule has 6 heteroatoms. The predicted molar refractivity (Wildman–Crippen MR) is 56.2 cm³/mol. The molecule has 78 valence electrons. The minimum atomic E-state index is 0.438. The van der Waals surface area contributed by atoms with Gasteiger partial charge in [-0.1, -0.05) is 11.6 Å². The first kappa shape index (κ1) is 10.0. The summed E-state index contributed by atoms with van der Waals surface area (Å²) in [5, 5.41) is 4.68. The van der Waals surface area contributed by atoms with Crippen molar-refractivity contribution in [1.82, 2.24) is 24.7 Å². The molecular formula is C9H10ClN5. The van der Waals surface area contributed by atoms with Crippen molar-refractivity contribution in [3.63, 3.8) is 0 Å². The summed E-state index contributed by atoms with van der Waals surface area (Å²) in [6.45, 7) is 5.56. The molecule has 0 aliphatic rings. The van der Waals surface area contributed by atoms with Gasteiger partial charge in [0, 0.05) is 5.56 Å². The number of hydrogen-bond acceptors (Lipinski definition) is 4. The lowest BCUT2D eigenvalue weighted by Gasteiger charge is -2.05. The summed E-state index contributed by atoms with van der Waals surface area (Å²) in [6.07, 6.45) is 1.42. The molecule has 0 aliphatic heterocycles. The van der Waals surface area contributed by atoms with Crippen LogP contribution < -0.4 is 0 Å². The van der Waals surface area contributed by atoms with Crippen LogP contribution in [0.5, 0.6) is 0 Å². The normalized spacial score (nSPS) is 10.7. The molecule has 0 atom stereocenters. The first-order valence-electron chi connectivity index (χ1n) is 4.47. The van der Waals surface area contributed by atoms with Crippen molar-refractivity contribution in [1.29, 1.82) is 0 Å². The monoisotopic (exact) mass is 223 g/mol. The second-order valence-electron chi connectivity index (χ2n) is 3.23. The Bertz CT molecular complexity index is 505. The summed E-state index contributed by atoms with van der Waals surface area (Å²) in [5.41, 5.74) is 0.798. The van der Waals surface area contributed by atoms with Crippen LogP contribution in [0.15, 0.2) is 6.33 Å². The van der Waals surface area contributed by atoms with Crippen LogP contribution in [0.4, 0.5) is 0 Å². The molecule has 2 heterocycles. The number of halogens is 1. The van der Waals surface area contributed by atoms with Crippen LogP contribution in [0, 0.1) is 20.8 Å². The Morgan fingerprint density at radius 2 is 1.93 bits per heavy atom. The highest BCUT2D eigenvalue weighted by atomic mass is 35.5. The number of aryl methyl sites for hydroxylation is 2. The van der Waals surface area contributed by atoms with Crippen molar-refractivity contribution in [2.24, 2.45) is 0 Å². The lowest BCUT2D eigenvalue weighted by atomic mass is 10.3. The summed E-state index contributed by atoms with van der Waals surface area (Å²) < 4.78 is 1.66. The van der Waals surface area contributed by atoms with Crippen molar-refractivity contribution < 1.29 is 0 Å². The summed E-state index contributed by atoms with van der Waals surface area (Å²) in [4.78, 5) is 12.2. The fraction of sp³-hybridized carbons (Fsp3) is 0.333. The van der Waals surface area contributed by atoms with E-state index in [9.17, 15) is 0 Å². The van der Waals surface area contributed by atoms with Gasteiger partial charge in [0.25, 0.3) is 0 Å². The second-order valence-corrected chi connectivity index (χ2v) is 3.59. The van der Waals surface area contributed by atoms with Crippen molar-refractivity contribution >= 4 is 11.6 Å². The highest BCUT2D eigenvalue weighted by Crippen LogP contribution is 2.17. The minimum absolute atomic E-state index is 0.438. The molecule has 2 rings (SSSR count). The Morgan fingerprint density at radius 1 is 1.20 bits per heavy atom. The van der Waals surface area contributed by atoms with Crippen molar-refractivity contribution in [2.45, 2.75) is 20.8 Å². The third-order valence-corrected chi connectivity index (χ3v) is 2.45. The van der Waals surface area contributed by atoms with Crippen LogP contribution in [0.2, 0.25) is 5.15 Å². The average molecular weight is 224 g/mol. The Labute approximate surface area is 92.2 Å². The van der Waals surface area contributed by atoms with Crippen molar-refractivity contribution in [2.75, 3.05) is 0 Å². The van der Waals surface area contributed by atoms with E-state index in [-0.39, 0.29) is 0 Å². The van der Waals surface area contributed by atoms with Crippen LogP contribution in [0.1, 0.15) is 17.2 Å². The highest BCUT2D eigenvalue weighted by Gasteiger charge is 2.11. The van der Waals surface area contributed by atoms with Crippen LogP contribution in [0.3, 0.4) is 0 Å². The van der Waals surface area contributed by atoms with Gasteiger partial charge in [-0.15, -0.1) is 5.10 Å². The molecule has 5 nitrogen and oxygen atoms in total. The maximum atomic E-state index is 5.91. The van der Waals surface area contributed by atoms with Crippen LogP contribution in [-0.4, -0.2) is 24.7 Å². The molecule has 0 saturated carbocycles. The van der Waals surface area contributed by atoms with Crippen LogP contribution in [-0.2, 0) is 0 Å². The van der Waals surface area contributed by atoms with Gasteiger partial charge in [0.2, 0.25) is 0 Å². The smallest absolute Gasteiger partial charge is 0.163 e. The maximum absolute atomic E-state index is 5.91. The van der Waals surface area contributed by atoms with Crippen LogP contribution >= 0.6 is 11.6 Å². The van der Waals surface area contributed by atoms with Gasteiger partial charge in [0.15, 0.2) is 5.82 Å². The van der Waals surface area contributed by atoms with Gasteiger partial charge in [-0.3, -0.25) is 0 Å². The van der Waals surface area contributed by atoms with E-state index in [0.717, 1.165) is 11.4 Å². The van der Waals surface area contributed by atoms with E-state index < -0.39 is 0 Å². The average Bonchev–Trinajstić information content (AvgIpc) is 2.50. The van der Waals surface area contributed by atoms with E-state index in [4.69, 9.17) is 11.6 Å². The number of hydrogen-bond donors (Lipinski definition) is 0. The zero-order valence-corrected chi connectivity index (χ0v) is 9.45. The first-order valence-corrected chi connectivity index (χ1v) is 4.85. The third kappa shape index (κ3) is 1.70. The lowest BCUT2D eigenvalue weighted by Crippen LogP contribution is -2.05. The third-order valence-electron chi connectivity index (χ3n) is 2.07. The molecule has 0 saturated heterocycles. The van der Waals surface area contributed by atoms with Gasteiger partial charge in [-0.05, 0) is 20.8 Å². The van der Waals surface area contributed by atoms with E-state index in [0.29, 0.717) is 16.8 Å². The second kappa shape index (κ2) is 3.58. The Kier molecular flexibility index (Phi) is 2.40. The summed E-state index contributed by atoms with van der Waals surface area (Å²) in [5.74, 6) is 2.17. The van der Waals surface area contributed by atoms with Crippen molar-refractivity contribution in [3.05, 3.63) is 28.7 Å². The lowest BCUT2D eigenvalue weighted by molar-refractivity contribution is 0.790. The fourth-order valence-electron chi connectivity index (χ4n) is 1.36. The number of nitrogens with zero attached hydrogens (tertiary/aromatic N) is 5. The quantitative estimate of drug-likeness (QED) is 0.690. The standard InChI is InChI=1S/C9H10ClN5/c1-5-8(10)11-4-12-9(5)15-7(3)13-6(2)14-15/h4H,1-3H3. The Hall–Kier alpha value is -1.49. The van der Waals surface area contributed by atoms with Gasteiger partial charge >= 0.3 is 0 Å². The number of aromatic nitrogens is 5. The minimum Gasteiger partial charge on any atom is -0.224 e. The van der Waals surface area contributed by atoms with E-state index in [2.05, 4.69) is 20.1 Å². The summed E-state index contributed by atoms with van der Waals surface area (Å²) in [6, 6.07) is 0. The van der Waals surface area contributed by atoms with E-state index in [1.54, 1.807) is 4.68 Å². The molecule has 0 N–H and O–H groups in total. The molecule has 15 heavy (non-hydrogen) atoms. The van der Waals surface area contributed by atoms with E-state index >= 15 is 0 Å². The van der Waals surface area contributed by atoms with Gasteiger partial charge in [-0.2, -0.15) is 4.68 Å². The Morgan fingerprint density at radius 3 is 2.53 bits per heavy atom.